The molecule has 0 aliphatic rings. The van der Waals surface area contributed by atoms with Crippen LogP contribution in [0, 0.1) is 11.3 Å². The van der Waals surface area contributed by atoms with Gasteiger partial charge in [-0.2, -0.15) is 14.9 Å². The molecule has 0 saturated heterocycles. The van der Waals surface area contributed by atoms with Crippen LogP contribution in [-0.4, -0.2) is 43.2 Å². The first kappa shape index (κ1) is 26.7. The Labute approximate surface area is 214 Å². The van der Waals surface area contributed by atoms with Crippen molar-refractivity contribution < 1.29 is 14.3 Å². The van der Waals surface area contributed by atoms with Crippen molar-refractivity contribution in [2.45, 2.75) is 39.2 Å². The Kier molecular flexibility index (Phi) is 8.40. The maximum absolute atomic E-state index is 9.39. The lowest BCUT2D eigenvalue weighted by Gasteiger charge is -2.22. The average molecular weight is 499 g/mol. The minimum Gasteiger partial charge on any atom is -0.495 e. The highest BCUT2D eigenvalue weighted by Crippen LogP contribution is 2.33. The lowest BCUT2D eigenvalue weighted by atomic mass is 9.86. The molecule has 0 spiro atoms. The number of ether oxygens (including phenoxy) is 1. The Balaban J connectivity index is 0.00000121. The zero-order valence-corrected chi connectivity index (χ0v) is 21.0. The molecule has 4 aromatic rings. The number of pyridine rings is 1. The molecule has 0 amide bonds. The molecular formula is C26H26N8O3. The molecule has 37 heavy (non-hydrogen) atoms. The summed E-state index contributed by atoms with van der Waals surface area (Å²) in [6.07, 6.45) is 3.05. The van der Waals surface area contributed by atoms with Crippen LogP contribution >= 0.6 is 0 Å². The van der Waals surface area contributed by atoms with Crippen LogP contribution in [0.2, 0.25) is 0 Å². The predicted molar refractivity (Wildman–Crippen MR) is 134 cm³/mol. The summed E-state index contributed by atoms with van der Waals surface area (Å²) >= 11 is 0. The fourth-order valence-electron chi connectivity index (χ4n) is 3.57. The van der Waals surface area contributed by atoms with Gasteiger partial charge in [0.25, 0.3) is 0 Å². The quantitative estimate of drug-likeness (QED) is 0.399. The van der Waals surface area contributed by atoms with Crippen LogP contribution in [0.25, 0.3) is 22.6 Å². The van der Waals surface area contributed by atoms with E-state index in [1.807, 2.05) is 18.2 Å². The van der Waals surface area contributed by atoms with Crippen LogP contribution in [0.15, 0.2) is 48.7 Å². The van der Waals surface area contributed by atoms with E-state index in [9.17, 15) is 5.26 Å². The first-order valence-corrected chi connectivity index (χ1v) is 11.3. The zero-order chi connectivity index (χ0) is 27.0. The summed E-state index contributed by atoms with van der Waals surface area (Å²) in [5.41, 5.74) is 10.6. The molecular weight excluding hydrogens is 472 g/mol. The molecule has 0 radical (unpaired) electrons. The van der Waals surface area contributed by atoms with Crippen LogP contribution < -0.4 is 10.5 Å². The van der Waals surface area contributed by atoms with Gasteiger partial charge in [0, 0.05) is 16.7 Å². The van der Waals surface area contributed by atoms with E-state index in [1.165, 1.54) is 7.11 Å². The molecule has 3 heterocycles. The number of benzene rings is 1. The molecule has 4 rings (SSSR count). The Hall–Kier alpha value is -4.94. The molecule has 3 aromatic heterocycles. The third-order valence-corrected chi connectivity index (χ3v) is 5.87. The summed E-state index contributed by atoms with van der Waals surface area (Å²) in [7, 11) is 1.52. The summed E-state index contributed by atoms with van der Waals surface area (Å²) in [4.78, 5) is 29.7. The Morgan fingerprint density at radius 2 is 1.76 bits per heavy atom. The third-order valence-electron chi connectivity index (χ3n) is 5.87. The van der Waals surface area contributed by atoms with Crippen LogP contribution in [-0.2, 0) is 21.5 Å². The van der Waals surface area contributed by atoms with Gasteiger partial charge in [0.15, 0.2) is 0 Å². The monoisotopic (exact) mass is 498 g/mol. The molecule has 0 bridgehead atoms. The van der Waals surface area contributed by atoms with E-state index < -0.39 is 0 Å². The number of nitrogen functional groups attached to an aromatic ring is 1. The minimum absolute atomic E-state index is 0.00231. The summed E-state index contributed by atoms with van der Waals surface area (Å²) in [5, 5.41) is 17.9. The first-order chi connectivity index (χ1) is 17.8. The van der Waals surface area contributed by atoms with E-state index >= 15 is 0 Å². The van der Waals surface area contributed by atoms with Crippen LogP contribution in [0.1, 0.15) is 44.1 Å². The standard InChI is InChI=1S/C25H26N8O.CO2/c1-5-25(2,3)22-11-7-9-17(28-22)14-33-15-21(31-32-33)20-12-19(29-24(27)30-20)18-10-6-8-16(13-26)23(18)34-4;2-1-3/h6-12,15H,5,14H2,1-4H3,(H2,27,29,30);. The fourth-order valence-corrected chi connectivity index (χ4v) is 3.57. The normalized spacial score (nSPS) is 10.6. The van der Waals surface area contributed by atoms with E-state index in [0.717, 1.165) is 17.8 Å². The highest BCUT2D eigenvalue weighted by molar-refractivity contribution is 5.74. The molecule has 0 unspecified atom stereocenters. The van der Waals surface area contributed by atoms with E-state index in [1.54, 1.807) is 29.1 Å². The maximum atomic E-state index is 9.39. The first-order valence-electron chi connectivity index (χ1n) is 11.3. The second kappa shape index (κ2) is 11.7. The molecule has 0 aliphatic carbocycles. The van der Waals surface area contributed by atoms with Crippen molar-refractivity contribution in [3.8, 4) is 34.5 Å². The molecule has 0 fully saturated rings. The predicted octanol–water partition coefficient (Wildman–Crippen LogP) is 3.41. The van der Waals surface area contributed by atoms with E-state index in [2.05, 4.69) is 53.2 Å². The van der Waals surface area contributed by atoms with E-state index in [-0.39, 0.29) is 17.5 Å². The number of para-hydroxylation sites is 1. The van der Waals surface area contributed by atoms with Gasteiger partial charge in [0.1, 0.15) is 17.5 Å². The number of hydrogen-bond acceptors (Lipinski definition) is 10. The molecule has 0 atom stereocenters. The summed E-state index contributed by atoms with van der Waals surface area (Å²) in [6, 6.07) is 15.2. The Morgan fingerprint density at radius 1 is 1.05 bits per heavy atom. The molecule has 0 aliphatic heterocycles. The van der Waals surface area contributed by atoms with Crippen molar-refractivity contribution in [2.75, 3.05) is 12.8 Å². The van der Waals surface area contributed by atoms with Crippen LogP contribution in [0.3, 0.4) is 0 Å². The molecule has 2 N–H and O–H groups in total. The number of rotatable bonds is 7. The Morgan fingerprint density at radius 3 is 2.43 bits per heavy atom. The fraction of sp³-hybridized carbons (Fsp3) is 0.269. The number of nitrogens with two attached hydrogens (primary N) is 1. The summed E-state index contributed by atoms with van der Waals surface area (Å²) in [6.45, 7) is 7.01. The second-order valence-corrected chi connectivity index (χ2v) is 8.63. The molecule has 11 heteroatoms. The maximum Gasteiger partial charge on any atom is 0.373 e. The van der Waals surface area contributed by atoms with Crippen molar-refractivity contribution in [3.05, 3.63) is 65.6 Å². The lowest BCUT2D eigenvalue weighted by molar-refractivity contribution is -0.191. The van der Waals surface area contributed by atoms with Gasteiger partial charge in [-0.05, 0) is 36.8 Å². The van der Waals surface area contributed by atoms with Gasteiger partial charge in [0.2, 0.25) is 5.95 Å². The summed E-state index contributed by atoms with van der Waals surface area (Å²) in [5.74, 6) is 0.515. The van der Waals surface area contributed by atoms with Gasteiger partial charge in [-0.25, -0.2) is 14.6 Å². The smallest absolute Gasteiger partial charge is 0.373 e. The Bertz CT molecular complexity index is 1470. The third kappa shape index (κ3) is 6.20. The SMILES string of the molecule is CCC(C)(C)c1cccc(Cn2cc(-c3cc(-c4cccc(C#N)c4OC)nc(N)n3)nn2)n1.O=C=O. The lowest BCUT2D eigenvalue weighted by Crippen LogP contribution is -2.18. The van der Waals surface area contributed by atoms with Gasteiger partial charge < -0.3 is 10.5 Å². The van der Waals surface area contributed by atoms with Crippen LogP contribution in [0.4, 0.5) is 5.95 Å². The number of anilines is 1. The minimum atomic E-state index is 0.00231. The van der Waals surface area contributed by atoms with Gasteiger partial charge in [-0.15, -0.1) is 5.10 Å². The number of methoxy groups -OCH3 is 1. The van der Waals surface area contributed by atoms with E-state index in [4.69, 9.17) is 25.0 Å². The highest BCUT2D eigenvalue weighted by atomic mass is 16.5. The number of nitriles is 1. The van der Waals surface area contributed by atoms with Crippen molar-refractivity contribution in [1.29, 1.82) is 5.26 Å². The van der Waals surface area contributed by atoms with Gasteiger partial charge in [-0.3, -0.25) is 4.98 Å². The molecule has 0 saturated carbocycles. The van der Waals surface area contributed by atoms with Crippen molar-refractivity contribution >= 4 is 12.1 Å². The summed E-state index contributed by atoms with van der Waals surface area (Å²) < 4.78 is 7.17. The largest absolute Gasteiger partial charge is 0.495 e. The number of hydrogen-bond donors (Lipinski definition) is 1. The average Bonchev–Trinajstić information content (AvgIpc) is 3.37. The molecule has 11 nitrogen and oxygen atoms in total. The van der Waals surface area contributed by atoms with Gasteiger partial charge in [-0.1, -0.05) is 38.1 Å². The second-order valence-electron chi connectivity index (χ2n) is 8.63. The number of carbonyl (C=O) groups excluding carboxylic acids is 2. The van der Waals surface area contributed by atoms with Gasteiger partial charge in [0.05, 0.1) is 42.5 Å². The van der Waals surface area contributed by atoms with Crippen molar-refractivity contribution in [2.24, 2.45) is 0 Å². The molecule has 188 valence electrons. The van der Waals surface area contributed by atoms with Gasteiger partial charge >= 0.3 is 6.15 Å². The van der Waals surface area contributed by atoms with Crippen molar-refractivity contribution in [1.82, 2.24) is 29.9 Å². The van der Waals surface area contributed by atoms with Crippen molar-refractivity contribution in [3.63, 3.8) is 0 Å². The topological polar surface area (TPSA) is 163 Å². The zero-order valence-electron chi connectivity index (χ0n) is 21.0. The highest BCUT2D eigenvalue weighted by Gasteiger charge is 2.20. The van der Waals surface area contributed by atoms with Crippen LogP contribution in [0.5, 0.6) is 5.75 Å². The molecule has 1 aromatic carbocycles. The van der Waals surface area contributed by atoms with E-state index in [0.29, 0.717) is 40.5 Å². The number of aromatic nitrogens is 6. The number of nitrogens with zero attached hydrogens (tertiary/aromatic N) is 7.